The number of carbonyl (C=O) groups is 2. The molecule has 0 saturated heterocycles. The smallest absolute Gasteiger partial charge is 0.315 e. The molecule has 0 heterocycles. The summed E-state index contributed by atoms with van der Waals surface area (Å²) < 4.78 is 0. The van der Waals surface area contributed by atoms with Crippen LogP contribution < -0.4 is 15.5 Å². The van der Waals surface area contributed by atoms with Crippen LogP contribution >= 0.6 is 0 Å². The Balaban J connectivity index is 2.69. The van der Waals surface area contributed by atoms with Crippen molar-refractivity contribution in [3.8, 4) is 0 Å². The number of hydrogen-bond donors (Lipinski definition) is 2. The van der Waals surface area contributed by atoms with Gasteiger partial charge in [-0.3, -0.25) is 4.79 Å². The lowest BCUT2D eigenvalue weighted by molar-refractivity contribution is -0.116. The molecule has 1 rings (SSSR count). The zero-order valence-electron chi connectivity index (χ0n) is 13.5. The summed E-state index contributed by atoms with van der Waals surface area (Å²) in [6.45, 7) is 10.2. The van der Waals surface area contributed by atoms with Crippen LogP contribution in [0.5, 0.6) is 0 Å². The third-order valence-electron chi connectivity index (χ3n) is 3.08. The Bertz CT molecular complexity index is 512. The van der Waals surface area contributed by atoms with E-state index >= 15 is 0 Å². The number of benzene rings is 1. The van der Waals surface area contributed by atoms with Gasteiger partial charge in [-0.05, 0) is 44.9 Å². The van der Waals surface area contributed by atoms with Crippen LogP contribution in [-0.4, -0.2) is 31.1 Å². The summed E-state index contributed by atoms with van der Waals surface area (Å²) in [4.78, 5) is 25.1. The largest absolute Gasteiger partial charge is 0.336 e. The monoisotopic (exact) mass is 291 g/mol. The van der Waals surface area contributed by atoms with Gasteiger partial charge in [0.2, 0.25) is 5.91 Å². The van der Waals surface area contributed by atoms with Crippen molar-refractivity contribution in [3.05, 3.63) is 29.3 Å². The van der Waals surface area contributed by atoms with E-state index in [1.807, 2.05) is 45.9 Å². The summed E-state index contributed by atoms with van der Waals surface area (Å²) in [5, 5.41) is 5.51. The molecule has 3 amide bonds. The second-order valence-electron chi connectivity index (χ2n) is 5.52. The fourth-order valence-corrected chi connectivity index (χ4v) is 2.05. The van der Waals surface area contributed by atoms with Crippen LogP contribution in [0.3, 0.4) is 0 Å². The quantitative estimate of drug-likeness (QED) is 0.875. The molecule has 0 unspecified atom stereocenters. The SMILES string of the molecule is CC(=O)N(CCNC(=O)NC(C)C)c1cc(C)ccc1C. The van der Waals surface area contributed by atoms with E-state index in [1.165, 1.54) is 6.92 Å². The molecule has 5 nitrogen and oxygen atoms in total. The molecule has 21 heavy (non-hydrogen) atoms. The van der Waals surface area contributed by atoms with Crippen LogP contribution in [0.25, 0.3) is 0 Å². The number of rotatable bonds is 5. The average Bonchev–Trinajstić information content (AvgIpc) is 2.36. The van der Waals surface area contributed by atoms with E-state index in [1.54, 1.807) is 4.90 Å². The van der Waals surface area contributed by atoms with Gasteiger partial charge in [-0.25, -0.2) is 4.79 Å². The van der Waals surface area contributed by atoms with Crippen molar-refractivity contribution in [3.63, 3.8) is 0 Å². The van der Waals surface area contributed by atoms with Crippen molar-refractivity contribution in [2.24, 2.45) is 0 Å². The van der Waals surface area contributed by atoms with Crippen molar-refractivity contribution in [1.29, 1.82) is 0 Å². The van der Waals surface area contributed by atoms with Crippen LogP contribution in [0.15, 0.2) is 18.2 Å². The first-order valence-electron chi connectivity index (χ1n) is 7.21. The van der Waals surface area contributed by atoms with Crippen molar-refractivity contribution in [2.75, 3.05) is 18.0 Å². The van der Waals surface area contributed by atoms with E-state index in [0.717, 1.165) is 16.8 Å². The first-order valence-corrected chi connectivity index (χ1v) is 7.21. The third-order valence-corrected chi connectivity index (χ3v) is 3.08. The Hall–Kier alpha value is -2.04. The second-order valence-corrected chi connectivity index (χ2v) is 5.52. The van der Waals surface area contributed by atoms with Crippen LogP contribution in [0, 0.1) is 13.8 Å². The minimum Gasteiger partial charge on any atom is -0.336 e. The lowest BCUT2D eigenvalue weighted by Gasteiger charge is -2.24. The van der Waals surface area contributed by atoms with Crippen molar-refractivity contribution in [1.82, 2.24) is 10.6 Å². The minimum absolute atomic E-state index is 0.0326. The summed E-state index contributed by atoms with van der Waals surface area (Å²) in [7, 11) is 0. The van der Waals surface area contributed by atoms with Gasteiger partial charge in [-0.1, -0.05) is 12.1 Å². The summed E-state index contributed by atoms with van der Waals surface area (Å²) >= 11 is 0. The number of hydrogen-bond acceptors (Lipinski definition) is 2. The van der Waals surface area contributed by atoms with E-state index in [9.17, 15) is 9.59 Å². The molecule has 0 aromatic heterocycles. The molecule has 1 aromatic rings. The van der Waals surface area contributed by atoms with E-state index in [2.05, 4.69) is 10.6 Å². The van der Waals surface area contributed by atoms with E-state index < -0.39 is 0 Å². The number of nitrogens with zero attached hydrogens (tertiary/aromatic N) is 1. The van der Waals surface area contributed by atoms with Crippen molar-refractivity contribution < 1.29 is 9.59 Å². The predicted molar refractivity (Wildman–Crippen MR) is 85.6 cm³/mol. The predicted octanol–water partition coefficient (Wildman–Crippen LogP) is 2.36. The Morgan fingerprint density at radius 1 is 1.24 bits per heavy atom. The molecule has 1 aromatic carbocycles. The zero-order valence-corrected chi connectivity index (χ0v) is 13.5. The highest BCUT2D eigenvalue weighted by Gasteiger charge is 2.14. The highest BCUT2D eigenvalue weighted by Crippen LogP contribution is 2.21. The van der Waals surface area contributed by atoms with Gasteiger partial charge in [0.15, 0.2) is 0 Å². The summed E-state index contributed by atoms with van der Waals surface area (Å²) in [6.07, 6.45) is 0. The van der Waals surface area contributed by atoms with Gasteiger partial charge in [0.1, 0.15) is 0 Å². The fraction of sp³-hybridized carbons (Fsp3) is 0.500. The van der Waals surface area contributed by atoms with Crippen LogP contribution in [0.2, 0.25) is 0 Å². The first-order chi connectivity index (χ1) is 9.81. The molecule has 0 aliphatic rings. The molecule has 5 heteroatoms. The molecular formula is C16H25N3O2. The fourth-order valence-electron chi connectivity index (χ4n) is 2.05. The van der Waals surface area contributed by atoms with E-state index in [0.29, 0.717) is 13.1 Å². The van der Waals surface area contributed by atoms with Crippen molar-refractivity contribution in [2.45, 2.75) is 40.7 Å². The molecule has 0 spiro atoms. The topological polar surface area (TPSA) is 61.4 Å². The lowest BCUT2D eigenvalue weighted by Crippen LogP contribution is -2.43. The Morgan fingerprint density at radius 3 is 2.48 bits per heavy atom. The van der Waals surface area contributed by atoms with Gasteiger partial charge in [-0.15, -0.1) is 0 Å². The number of urea groups is 1. The molecule has 0 fully saturated rings. The normalized spacial score (nSPS) is 10.4. The van der Waals surface area contributed by atoms with Gasteiger partial charge in [0, 0.05) is 31.7 Å². The lowest BCUT2D eigenvalue weighted by atomic mass is 10.1. The van der Waals surface area contributed by atoms with Gasteiger partial charge in [0.25, 0.3) is 0 Å². The zero-order chi connectivity index (χ0) is 16.0. The third kappa shape index (κ3) is 5.45. The van der Waals surface area contributed by atoms with E-state index in [-0.39, 0.29) is 18.0 Å². The summed E-state index contributed by atoms with van der Waals surface area (Å²) in [6, 6.07) is 5.89. The van der Waals surface area contributed by atoms with Crippen LogP contribution in [0.4, 0.5) is 10.5 Å². The molecule has 0 atom stereocenters. The highest BCUT2D eigenvalue weighted by atomic mass is 16.2. The number of nitrogens with one attached hydrogen (secondary N) is 2. The Labute approximate surface area is 126 Å². The number of amides is 3. The maximum atomic E-state index is 11.9. The molecule has 0 radical (unpaired) electrons. The highest BCUT2D eigenvalue weighted by molar-refractivity contribution is 5.92. The molecule has 0 aliphatic heterocycles. The number of aryl methyl sites for hydroxylation is 2. The first kappa shape index (κ1) is 17.0. The van der Waals surface area contributed by atoms with Crippen LogP contribution in [0.1, 0.15) is 31.9 Å². The number of anilines is 1. The maximum absolute atomic E-state index is 11.9. The summed E-state index contributed by atoms with van der Waals surface area (Å²) in [5.41, 5.74) is 3.04. The molecule has 116 valence electrons. The van der Waals surface area contributed by atoms with Crippen molar-refractivity contribution >= 4 is 17.6 Å². The molecular weight excluding hydrogens is 266 g/mol. The summed E-state index contributed by atoms with van der Waals surface area (Å²) in [5.74, 6) is -0.0326. The van der Waals surface area contributed by atoms with Gasteiger partial charge >= 0.3 is 6.03 Å². The standard InChI is InChI=1S/C16H25N3O2/c1-11(2)18-16(21)17-8-9-19(14(5)20)15-10-12(3)6-7-13(15)4/h6-7,10-11H,8-9H2,1-5H3,(H2,17,18,21). The minimum atomic E-state index is -0.213. The Morgan fingerprint density at radius 2 is 1.90 bits per heavy atom. The second kappa shape index (κ2) is 7.67. The number of carbonyl (C=O) groups excluding carboxylic acids is 2. The molecule has 0 bridgehead atoms. The van der Waals surface area contributed by atoms with Gasteiger partial charge < -0.3 is 15.5 Å². The van der Waals surface area contributed by atoms with Gasteiger partial charge in [-0.2, -0.15) is 0 Å². The molecule has 0 aliphatic carbocycles. The molecule has 0 saturated carbocycles. The van der Waals surface area contributed by atoms with Crippen LogP contribution in [-0.2, 0) is 4.79 Å². The average molecular weight is 291 g/mol. The maximum Gasteiger partial charge on any atom is 0.315 e. The Kier molecular flexibility index (Phi) is 6.21. The van der Waals surface area contributed by atoms with Gasteiger partial charge in [0.05, 0.1) is 0 Å². The molecule has 2 N–H and O–H groups in total. The van der Waals surface area contributed by atoms with E-state index in [4.69, 9.17) is 0 Å².